The van der Waals surface area contributed by atoms with E-state index in [4.69, 9.17) is 21.2 Å². The van der Waals surface area contributed by atoms with Gasteiger partial charge in [-0.05, 0) is 44.0 Å². The van der Waals surface area contributed by atoms with Gasteiger partial charge in [-0.1, -0.05) is 15.9 Å². The third kappa shape index (κ3) is 5.92. The Balaban J connectivity index is 0.000000423. The maximum atomic E-state index is 8.36. The standard InChI is InChI=1S/C6H5Br3N2.HNO3/c7-3-1-4(8)6(11-10)5(9)2-3;2-1(3)4/h1-2,11H,10H2;(H,2,3,4). The molecule has 9 heteroatoms. The van der Waals surface area contributed by atoms with Crippen LogP contribution >= 0.6 is 47.8 Å². The zero-order valence-electron chi connectivity index (χ0n) is 7.08. The van der Waals surface area contributed by atoms with Gasteiger partial charge >= 0.3 is 0 Å². The van der Waals surface area contributed by atoms with Gasteiger partial charge in [0.25, 0.3) is 5.09 Å². The van der Waals surface area contributed by atoms with Gasteiger partial charge in [-0.15, -0.1) is 10.1 Å². The monoisotopic (exact) mass is 405 g/mol. The van der Waals surface area contributed by atoms with Gasteiger partial charge in [-0.25, -0.2) is 0 Å². The first-order valence-electron chi connectivity index (χ1n) is 3.33. The summed E-state index contributed by atoms with van der Waals surface area (Å²) in [5.74, 6) is 5.28. The van der Waals surface area contributed by atoms with E-state index in [-0.39, 0.29) is 0 Å². The van der Waals surface area contributed by atoms with Gasteiger partial charge in [0, 0.05) is 13.4 Å². The van der Waals surface area contributed by atoms with Gasteiger partial charge < -0.3 is 10.6 Å². The van der Waals surface area contributed by atoms with E-state index < -0.39 is 5.09 Å². The molecule has 0 unspecified atom stereocenters. The van der Waals surface area contributed by atoms with Crippen LogP contribution in [0.2, 0.25) is 0 Å². The Morgan fingerprint density at radius 2 is 1.67 bits per heavy atom. The smallest absolute Gasteiger partial charge is 0.291 e. The molecule has 0 aliphatic carbocycles. The van der Waals surface area contributed by atoms with Gasteiger partial charge in [0.2, 0.25) is 0 Å². The quantitative estimate of drug-likeness (QED) is 0.377. The molecule has 0 spiro atoms. The van der Waals surface area contributed by atoms with Gasteiger partial charge in [-0.3, -0.25) is 5.84 Å². The largest absolute Gasteiger partial charge is 0.328 e. The average molecular weight is 408 g/mol. The minimum Gasteiger partial charge on any atom is -0.328 e. The summed E-state index contributed by atoms with van der Waals surface area (Å²) < 4.78 is 2.83. The van der Waals surface area contributed by atoms with Crippen LogP contribution in [0.3, 0.4) is 0 Å². The fourth-order valence-corrected chi connectivity index (χ4v) is 3.17. The lowest BCUT2D eigenvalue weighted by molar-refractivity contribution is -0.742. The third-order valence-corrected chi connectivity index (χ3v) is 2.86. The van der Waals surface area contributed by atoms with E-state index in [2.05, 4.69) is 53.2 Å². The van der Waals surface area contributed by atoms with Crippen molar-refractivity contribution in [3.05, 3.63) is 35.7 Å². The van der Waals surface area contributed by atoms with Crippen molar-refractivity contribution >= 4 is 53.5 Å². The minimum absolute atomic E-state index is 0.841. The Hall–Kier alpha value is -0.380. The Kier molecular flexibility index (Phi) is 6.81. The van der Waals surface area contributed by atoms with E-state index in [1.165, 1.54) is 0 Å². The van der Waals surface area contributed by atoms with Crippen LogP contribution in [0.4, 0.5) is 5.69 Å². The van der Waals surface area contributed by atoms with E-state index in [0.29, 0.717) is 0 Å². The molecule has 0 aliphatic heterocycles. The molecule has 0 radical (unpaired) electrons. The maximum Gasteiger partial charge on any atom is 0.291 e. The molecule has 0 aliphatic rings. The van der Waals surface area contributed by atoms with Crippen molar-refractivity contribution in [3.8, 4) is 0 Å². The molecule has 84 valence electrons. The van der Waals surface area contributed by atoms with E-state index in [1.807, 2.05) is 12.1 Å². The fourth-order valence-electron chi connectivity index (χ4n) is 0.680. The Labute approximate surface area is 110 Å². The number of hydrogen-bond acceptors (Lipinski definition) is 4. The van der Waals surface area contributed by atoms with E-state index in [0.717, 1.165) is 19.1 Å². The topological polar surface area (TPSA) is 101 Å². The van der Waals surface area contributed by atoms with Crippen molar-refractivity contribution in [2.75, 3.05) is 5.43 Å². The molecule has 0 aromatic heterocycles. The molecule has 0 heterocycles. The van der Waals surface area contributed by atoms with E-state index >= 15 is 0 Å². The molecular formula is C6H6Br3N3O3. The van der Waals surface area contributed by atoms with Crippen LogP contribution in [0.15, 0.2) is 25.6 Å². The van der Waals surface area contributed by atoms with Crippen molar-refractivity contribution in [3.63, 3.8) is 0 Å². The third-order valence-electron chi connectivity index (χ3n) is 1.15. The molecule has 1 rings (SSSR count). The molecule has 4 N–H and O–H groups in total. The highest BCUT2D eigenvalue weighted by Crippen LogP contribution is 2.33. The summed E-state index contributed by atoms with van der Waals surface area (Å²) in [5, 5.41) is 13.6. The number of nitrogens with two attached hydrogens (primary N) is 1. The Bertz CT molecular complexity index is 334. The van der Waals surface area contributed by atoms with Crippen molar-refractivity contribution in [2.24, 2.45) is 5.84 Å². The van der Waals surface area contributed by atoms with Crippen LogP contribution in [-0.2, 0) is 0 Å². The van der Waals surface area contributed by atoms with Gasteiger partial charge in [0.1, 0.15) is 0 Å². The fraction of sp³-hybridized carbons (Fsp3) is 0. The number of anilines is 1. The number of hydrazine groups is 1. The van der Waals surface area contributed by atoms with Crippen LogP contribution in [0.5, 0.6) is 0 Å². The number of halogens is 3. The van der Waals surface area contributed by atoms with Gasteiger partial charge in [0.05, 0.1) is 5.69 Å². The second-order valence-electron chi connectivity index (χ2n) is 2.13. The summed E-state index contributed by atoms with van der Waals surface area (Å²) in [6.07, 6.45) is 0. The molecule has 0 atom stereocenters. The summed E-state index contributed by atoms with van der Waals surface area (Å²) in [7, 11) is 0. The molecule has 15 heavy (non-hydrogen) atoms. The summed E-state index contributed by atoms with van der Waals surface area (Å²) in [6.45, 7) is 0. The molecular weight excluding hydrogens is 402 g/mol. The summed E-state index contributed by atoms with van der Waals surface area (Å²) in [5.41, 5.74) is 3.42. The first-order chi connectivity index (χ1) is 6.88. The molecule has 6 nitrogen and oxygen atoms in total. The minimum atomic E-state index is -1.50. The summed E-state index contributed by atoms with van der Waals surface area (Å²) in [6, 6.07) is 3.83. The maximum absolute atomic E-state index is 8.36. The number of nitrogen functional groups attached to an aromatic ring is 1. The van der Waals surface area contributed by atoms with Crippen LogP contribution < -0.4 is 11.3 Å². The summed E-state index contributed by atoms with van der Waals surface area (Å²) in [4.78, 5) is 8.36. The lowest BCUT2D eigenvalue weighted by Crippen LogP contribution is -2.07. The van der Waals surface area contributed by atoms with Crippen molar-refractivity contribution in [1.29, 1.82) is 0 Å². The molecule has 0 fully saturated rings. The normalized spacial score (nSPS) is 8.80. The number of benzene rings is 1. The van der Waals surface area contributed by atoms with E-state index in [9.17, 15) is 0 Å². The summed E-state index contributed by atoms with van der Waals surface area (Å²) >= 11 is 10.1. The van der Waals surface area contributed by atoms with Crippen LogP contribution in [0.25, 0.3) is 0 Å². The first kappa shape index (κ1) is 14.6. The molecule has 1 aromatic rings. The number of rotatable bonds is 1. The second kappa shape index (κ2) is 6.99. The predicted octanol–water partition coefficient (Wildman–Crippen LogP) is 2.91. The van der Waals surface area contributed by atoms with Gasteiger partial charge in [0.15, 0.2) is 0 Å². The van der Waals surface area contributed by atoms with Crippen LogP contribution in [0, 0.1) is 10.1 Å². The molecule has 0 saturated carbocycles. The lowest BCUT2D eigenvalue weighted by Gasteiger charge is -2.05. The highest BCUT2D eigenvalue weighted by atomic mass is 79.9. The zero-order valence-corrected chi connectivity index (χ0v) is 11.8. The van der Waals surface area contributed by atoms with Crippen LogP contribution in [0.1, 0.15) is 0 Å². The second-order valence-corrected chi connectivity index (χ2v) is 4.75. The molecule has 1 aromatic carbocycles. The number of hydrogen-bond donors (Lipinski definition) is 3. The van der Waals surface area contributed by atoms with Gasteiger partial charge in [-0.2, -0.15) is 0 Å². The molecule has 0 saturated heterocycles. The predicted molar refractivity (Wildman–Crippen MR) is 66.1 cm³/mol. The molecule has 0 amide bonds. The van der Waals surface area contributed by atoms with Crippen molar-refractivity contribution < 1.29 is 10.3 Å². The zero-order chi connectivity index (χ0) is 12.0. The highest BCUT2D eigenvalue weighted by molar-refractivity contribution is 9.11. The lowest BCUT2D eigenvalue weighted by atomic mass is 10.3. The van der Waals surface area contributed by atoms with Crippen LogP contribution in [-0.4, -0.2) is 10.3 Å². The van der Waals surface area contributed by atoms with Crippen molar-refractivity contribution in [1.82, 2.24) is 0 Å². The first-order valence-corrected chi connectivity index (χ1v) is 5.70. The number of nitrogens with zero attached hydrogens (tertiary/aromatic N) is 1. The average Bonchev–Trinajstić information content (AvgIpc) is 2.01. The Morgan fingerprint density at radius 1 is 1.33 bits per heavy atom. The Morgan fingerprint density at radius 3 is 1.93 bits per heavy atom. The van der Waals surface area contributed by atoms with Crippen molar-refractivity contribution in [2.45, 2.75) is 0 Å². The van der Waals surface area contributed by atoms with E-state index in [1.54, 1.807) is 0 Å². The molecule has 0 bridgehead atoms. The number of nitrogens with one attached hydrogen (secondary N) is 1. The SMILES string of the molecule is NNc1c(Br)cc(Br)cc1Br.O=[N+]([O-])O. The highest BCUT2D eigenvalue weighted by Gasteiger charge is 2.03.